The molecule has 0 aliphatic heterocycles. The molecule has 1 atom stereocenters. The van der Waals surface area contributed by atoms with Crippen molar-refractivity contribution in [1.82, 2.24) is 0 Å². The highest BCUT2D eigenvalue weighted by molar-refractivity contribution is 5.59. The minimum Gasteiger partial charge on any atom is -0.506 e. The van der Waals surface area contributed by atoms with Gasteiger partial charge in [-0.15, -0.1) is 0 Å². The Balaban J connectivity index is 3.13. The first kappa shape index (κ1) is 9.83. The van der Waals surface area contributed by atoms with E-state index in [1.807, 2.05) is 13.0 Å². The predicted octanol–water partition coefficient (Wildman–Crippen LogP) is 0.241. The maximum atomic E-state index is 9.40. The Bertz CT molecular complexity index is 289. The molecule has 0 saturated carbocycles. The third-order valence-corrected chi connectivity index (χ3v) is 2.07. The van der Waals surface area contributed by atoms with Crippen LogP contribution in [0.4, 0.5) is 5.69 Å². The van der Waals surface area contributed by atoms with Gasteiger partial charge in [-0.05, 0) is 24.1 Å². The summed E-state index contributed by atoms with van der Waals surface area (Å²) >= 11 is 0. The number of phenolic OH excluding ortho intramolecular Hbond substituents is 1. The molecule has 1 aromatic rings. The second kappa shape index (κ2) is 3.64. The summed E-state index contributed by atoms with van der Waals surface area (Å²) < 4.78 is 0. The number of nitrogen functional groups attached to an aromatic ring is 1. The quantitative estimate of drug-likeness (QED) is 0.388. The lowest BCUT2D eigenvalue weighted by molar-refractivity contribution is 0.476. The van der Waals surface area contributed by atoms with Crippen molar-refractivity contribution in [2.24, 2.45) is 11.5 Å². The topological polar surface area (TPSA) is 98.3 Å². The highest BCUT2D eigenvalue weighted by Gasteiger charge is 2.08. The van der Waals surface area contributed by atoms with Crippen LogP contribution in [0.15, 0.2) is 12.1 Å². The molecule has 0 amide bonds. The van der Waals surface area contributed by atoms with Crippen LogP contribution in [-0.2, 0) is 0 Å². The molecule has 0 aliphatic carbocycles. The number of aromatic hydroxyl groups is 1. The molecule has 0 fully saturated rings. The van der Waals surface area contributed by atoms with E-state index in [0.29, 0.717) is 12.2 Å². The number of rotatable bonds is 2. The lowest BCUT2D eigenvalue weighted by atomic mass is 10.0. The molecule has 1 rings (SSSR count). The molecule has 7 N–H and O–H groups in total. The number of nitrogens with two attached hydrogens (primary N) is 3. The van der Waals surface area contributed by atoms with Gasteiger partial charge in [-0.25, -0.2) is 0 Å². The van der Waals surface area contributed by atoms with Crippen LogP contribution < -0.4 is 17.2 Å². The summed E-state index contributed by atoms with van der Waals surface area (Å²) in [6.07, 6.45) is 0. The van der Waals surface area contributed by atoms with Gasteiger partial charge in [0.1, 0.15) is 5.75 Å². The van der Waals surface area contributed by atoms with Crippen LogP contribution in [0.1, 0.15) is 17.2 Å². The van der Waals surface area contributed by atoms with E-state index in [9.17, 15) is 5.11 Å². The van der Waals surface area contributed by atoms with Crippen molar-refractivity contribution in [2.75, 3.05) is 12.3 Å². The molecule has 0 saturated heterocycles. The van der Waals surface area contributed by atoms with Crippen molar-refractivity contribution < 1.29 is 5.11 Å². The Hall–Kier alpha value is -1.26. The van der Waals surface area contributed by atoms with Gasteiger partial charge in [-0.3, -0.25) is 0 Å². The summed E-state index contributed by atoms with van der Waals surface area (Å²) in [5, 5.41) is 9.40. The number of anilines is 1. The molecule has 0 aromatic heterocycles. The summed E-state index contributed by atoms with van der Waals surface area (Å²) in [7, 11) is 0. The van der Waals surface area contributed by atoms with Crippen molar-refractivity contribution in [3.8, 4) is 5.75 Å². The number of aryl methyl sites for hydroxylation is 1. The highest BCUT2D eigenvalue weighted by atomic mass is 16.3. The predicted molar refractivity (Wildman–Crippen MR) is 53.2 cm³/mol. The summed E-state index contributed by atoms with van der Waals surface area (Å²) in [6, 6.07) is 3.15. The molecule has 0 aliphatic rings. The standard InChI is InChI=1S/C9H15N3O/c1-5-2-6(7(11)4-10)3-8(13)9(5)12/h2-3,7,13H,4,10-12H2,1H3. The van der Waals surface area contributed by atoms with Crippen LogP contribution in [-0.4, -0.2) is 11.7 Å². The first-order valence-corrected chi connectivity index (χ1v) is 4.11. The summed E-state index contributed by atoms with van der Waals surface area (Å²) in [5.74, 6) is 0.0684. The average Bonchev–Trinajstić information content (AvgIpc) is 2.12. The number of hydrogen-bond acceptors (Lipinski definition) is 4. The van der Waals surface area contributed by atoms with Crippen molar-refractivity contribution >= 4 is 5.69 Å². The lowest BCUT2D eigenvalue weighted by Crippen LogP contribution is -2.20. The van der Waals surface area contributed by atoms with E-state index in [1.165, 1.54) is 0 Å². The number of phenols is 1. The van der Waals surface area contributed by atoms with Crippen molar-refractivity contribution in [3.05, 3.63) is 23.3 Å². The Labute approximate surface area is 77.3 Å². The third-order valence-electron chi connectivity index (χ3n) is 2.07. The molecule has 72 valence electrons. The first-order valence-electron chi connectivity index (χ1n) is 4.11. The molecular formula is C9H15N3O. The van der Waals surface area contributed by atoms with E-state index in [4.69, 9.17) is 17.2 Å². The Kier molecular flexibility index (Phi) is 2.75. The van der Waals surface area contributed by atoms with Crippen molar-refractivity contribution in [1.29, 1.82) is 0 Å². The molecule has 13 heavy (non-hydrogen) atoms. The maximum Gasteiger partial charge on any atom is 0.139 e. The zero-order chi connectivity index (χ0) is 10.0. The molecule has 1 aromatic carbocycles. The van der Waals surface area contributed by atoms with Gasteiger partial charge in [0.25, 0.3) is 0 Å². The highest BCUT2D eigenvalue weighted by Crippen LogP contribution is 2.27. The minimum absolute atomic E-state index is 0.0684. The molecule has 0 radical (unpaired) electrons. The van der Waals surface area contributed by atoms with Crippen LogP contribution in [0.25, 0.3) is 0 Å². The molecule has 0 heterocycles. The number of benzene rings is 1. The van der Waals surface area contributed by atoms with E-state index in [1.54, 1.807) is 6.07 Å². The smallest absolute Gasteiger partial charge is 0.139 e. The molecule has 4 heteroatoms. The fourth-order valence-electron chi connectivity index (χ4n) is 1.16. The third kappa shape index (κ3) is 1.91. The summed E-state index contributed by atoms with van der Waals surface area (Å²) in [5.41, 5.74) is 18.7. The Morgan fingerprint density at radius 1 is 1.46 bits per heavy atom. The fourth-order valence-corrected chi connectivity index (χ4v) is 1.16. The fraction of sp³-hybridized carbons (Fsp3) is 0.333. The summed E-state index contributed by atoms with van der Waals surface area (Å²) in [6.45, 7) is 2.17. The number of hydrogen-bond donors (Lipinski definition) is 4. The van der Waals surface area contributed by atoms with Gasteiger partial charge in [0, 0.05) is 12.6 Å². The molecule has 1 unspecified atom stereocenters. The van der Waals surface area contributed by atoms with Gasteiger partial charge in [-0.2, -0.15) is 0 Å². The van der Waals surface area contributed by atoms with Gasteiger partial charge >= 0.3 is 0 Å². The van der Waals surface area contributed by atoms with Crippen LogP contribution >= 0.6 is 0 Å². The Morgan fingerprint density at radius 2 is 2.08 bits per heavy atom. The molecule has 4 nitrogen and oxygen atoms in total. The largest absolute Gasteiger partial charge is 0.506 e. The molecule has 0 spiro atoms. The molecule has 0 bridgehead atoms. The van der Waals surface area contributed by atoms with E-state index in [0.717, 1.165) is 11.1 Å². The zero-order valence-electron chi connectivity index (χ0n) is 7.62. The second-order valence-corrected chi connectivity index (χ2v) is 3.11. The average molecular weight is 181 g/mol. The second-order valence-electron chi connectivity index (χ2n) is 3.11. The van der Waals surface area contributed by atoms with Crippen LogP contribution in [0, 0.1) is 6.92 Å². The minimum atomic E-state index is -0.245. The van der Waals surface area contributed by atoms with Gasteiger partial charge in [0.2, 0.25) is 0 Å². The van der Waals surface area contributed by atoms with Crippen LogP contribution in [0.5, 0.6) is 5.75 Å². The van der Waals surface area contributed by atoms with Crippen molar-refractivity contribution in [2.45, 2.75) is 13.0 Å². The van der Waals surface area contributed by atoms with E-state index < -0.39 is 0 Å². The van der Waals surface area contributed by atoms with Crippen LogP contribution in [0.2, 0.25) is 0 Å². The monoisotopic (exact) mass is 181 g/mol. The van der Waals surface area contributed by atoms with E-state index in [2.05, 4.69) is 0 Å². The van der Waals surface area contributed by atoms with E-state index in [-0.39, 0.29) is 11.8 Å². The van der Waals surface area contributed by atoms with Gasteiger partial charge in [0.05, 0.1) is 5.69 Å². The van der Waals surface area contributed by atoms with Crippen LogP contribution in [0.3, 0.4) is 0 Å². The van der Waals surface area contributed by atoms with Crippen molar-refractivity contribution in [3.63, 3.8) is 0 Å². The van der Waals surface area contributed by atoms with Gasteiger partial charge in [-0.1, -0.05) is 6.07 Å². The summed E-state index contributed by atoms with van der Waals surface area (Å²) in [4.78, 5) is 0. The zero-order valence-corrected chi connectivity index (χ0v) is 7.62. The SMILES string of the molecule is Cc1cc(C(N)CN)cc(O)c1N. The normalized spacial score (nSPS) is 12.8. The maximum absolute atomic E-state index is 9.40. The lowest BCUT2D eigenvalue weighted by Gasteiger charge is -2.12. The van der Waals surface area contributed by atoms with E-state index >= 15 is 0 Å². The molecular weight excluding hydrogens is 166 g/mol. The Morgan fingerprint density at radius 3 is 2.54 bits per heavy atom. The first-order chi connectivity index (χ1) is 6.06. The van der Waals surface area contributed by atoms with Gasteiger partial charge in [0.15, 0.2) is 0 Å². The van der Waals surface area contributed by atoms with Gasteiger partial charge < -0.3 is 22.3 Å².